The van der Waals surface area contributed by atoms with Gasteiger partial charge in [0.05, 0.1) is 12.3 Å². The molecule has 1 unspecified atom stereocenters. The van der Waals surface area contributed by atoms with Gasteiger partial charge in [0.25, 0.3) is 0 Å². The quantitative estimate of drug-likeness (QED) is 0.716. The summed E-state index contributed by atoms with van der Waals surface area (Å²) in [5.41, 5.74) is 3.66. The third kappa shape index (κ3) is 4.45. The van der Waals surface area contributed by atoms with Crippen LogP contribution in [0.15, 0.2) is 43.1 Å². The molecule has 2 rings (SSSR count). The molecule has 23 heavy (non-hydrogen) atoms. The molecule has 0 bridgehead atoms. The Morgan fingerprint density at radius 2 is 2.17 bits per heavy atom. The van der Waals surface area contributed by atoms with Crippen molar-refractivity contribution in [1.29, 1.82) is 0 Å². The molecule has 0 saturated heterocycles. The summed E-state index contributed by atoms with van der Waals surface area (Å²) in [6.07, 6.45) is 5.61. The fourth-order valence-electron chi connectivity index (χ4n) is 2.78. The molecule has 0 saturated carbocycles. The van der Waals surface area contributed by atoms with E-state index >= 15 is 0 Å². The largest absolute Gasteiger partial charge is 0.494 e. The SMILES string of the molecule is C=CCc1cc(CNC(CC)c2ccnn2C)ccc1OCC. The predicted octanol–water partition coefficient (Wildman–Crippen LogP) is 3.79. The lowest BCUT2D eigenvalue weighted by Crippen LogP contribution is -2.22. The van der Waals surface area contributed by atoms with E-state index in [4.69, 9.17) is 4.74 Å². The molecular weight excluding hydrogens is 286 g/mol. The van der Waals surface area contributed by atoms with Gasteiger partial charge in [0.15, 0.2) is 0 Å². The number of benzene rings is 1. The van der Waals surface area contributed by atoms with Gasteiger partial charge in [0.1, 0.15) is 5.75 Å². The summed E-state index contributed by atoms with van der Waals surface area (Å²) >= 11 is 0. The smallest absolute Gasteiger partial charge is 0.122 e. The van der Waals surface area contributed by atoms with Gasteiger partial charge >= 0.3 is 0 Å². The third-order valence-electron chi connectivity index (χ3n) is 3.97. The van der Waals surface area contributed by atoms with Crippen molar-refractivity contribution >= 4 is 0 Å². The van der Waals surface area contributed by atoms with Crippen LogP contribution in [0, 0.1) is 0 Å². The Balaban J connectivity index is 2.08. The Kier molecular flexibility index (Phi) is 6.41. The summed E-state index contributed by atoms with van der Waals surface area (Å²) in [5, 5.41) is 7.88. The average Bonchev–Trinajstić information content (AvgIpc) is 2.97. The second-order valence-corrected chi connectivity index (χ2v) is 5.59. The summed E-state index contributed by atoms with van der Waals surface area (Å²) in [7, 11) is 1.98. The van der Waals surface area contributed by atoms with Gasteiger partial charge in [-0.2, -0.15) is 5.10 Å². The maximum atomic E-state index is 5.69. The zero-order valence-electron chi connectivity index (χ0n) is 14.4. The molecule has 4 heteroatoms. The van der Waals surface area contributed by atoms with Gasteiger partial charge in [0.2, 0.25) is 0 Å². The Morgan fingerprint density at radius 1 is 1.35 bits per heavy atom. The van der Waals surface area contributed by atoms with Crippen LogP contribution in [0.4, 0.5) is 0 Å². The number of ether oxygens (including phenoxy) is 1. The summed E-state index contributed by atoms with van der Waals surface area (Å²) in [6, 6.07) is 8.76. The molecule has 1 heterocycles. The van der Waals surface area contributed by atoms with Crippen LogP contribution in [0.5, 0.6) is 5.75 Å². The molecule has 0 radical (unpaired) electrons. The van der Waals surface area contributed by atoms with Gasteiger partial charge in [-0.3, -0.25) is 4.68 Å². The molecule has 2 aromatic rings. The first-order chi connectivity index (χ1) is 11.2. The molecule has 1 atom stereocenters. The normalized spacial score (nSPS) is 12.1. The number of allylic oxidation sites excluding steroid dienone is 1. The Hall–Kier alpha value is -2.07. The van der Waals surface area contributed by atoms with E-state index in [1.54, 1.807) is 0 Å². The average molecular weight is 313 g/mol. The van der Waals surface area contributed by atoms with Crippen molar-refractivity contribution in [3.05, 3.63) is 59.9 Å². The second kappa shape index (κ2) is 8.53. The molecule has 4 nitrogen and oxygen atoms in total. The highest BCUT2D eigenvalue weighted by atomic mass is 16.5. The first-order valence-corrected chi connectivity index (χ1v) is 8.26. The van der Waals surface area contributed by atoms with Crippen LogP contribution < -0.4 is 10.1 Å². The lowest BCUT2D eigenvalue weighted by atomic mass is 10.1. The predicted molar refractivity (Wildman–Crippen MR) is 94.6 cm³/mol. The van der Waals surface area contributed by atoms with Crippen molar-refractivity contribution in [2.24, 2.45) is 7.05 Å². The van der Waals surface area contributed by atoms with Gasteiger partial charge in [-0.1, -0.05) is 25.1 Å². The molecule has 1 N–H and O–H groups in total. The number of nitrogens with zero attached hydrogens (tertiary/aromatic N) is 2. The molecule has 0 aliphatic heterocycles. The van der Waals surface area contributed by atoms with E-state index < -0.39 is 0 Å². The number of hydrogen-bond donors (Lipinski definition) is 1. The van der Waals surface area contributed by atoms with Crippen LogP contribution in [0.2, 0.25) is 0 Å². The fraction of sp³-hybridized carbons (Fsp3) is 0.421. The standard InChI is InChI=1S/C19H27N3O/c1-5-8-16-13-15(9-10-19(16)23-7-3)14-20-17(6-2)18-11-12-21-22(18)4/h5,9-13,17,20H,1,6-8,14H2,2-4H3. The van der Waals surface area contributed by atoms with Crippen LogP contribution in [0.3, 0.4) is 0 Å². The molecule has 0 aliphatic rings. The van der Waals surface area contributed by atoms with Crippen molar-refractivity contribution in [3.63, 3.8) is 0 Å². The highest BCUT2D eigenvalue weighted by Gasteiger charge is 2.12. The number of aryl methyl sites for hydroxylation is 1. The third-order valence-corrected chi connectivity index (χ3v) is 3.97. The van der Waals surface area contributed by atoms with Crippen LogP contribution in [0.25, 0.3) is 0 Å². The molecule has 0 spiro atoms. The van der Waals surface area contributed by atoms with Gasteiger partial charge in [-0.15, -0.1) is 6.58 Å². The van der Waals surface area contributed by atoms with Gasteiger partial charge in [-0.25, -0.2) is 0 Å². The number of hydrogen-bond acceptors (Lipinski definition) is 3. The molecule has 0 amide bonds. The summed E-state index contributed by atoms with van der Waals surface area (Å²) in [4.78, 5) is 0. The van der Waals surface area contributed by atoms with Gasteiger partial charge in [0, 0.05) is 25.8 Å². The van der Waals surface area contributed by atoms with Crippen molar-refractivity contribution in [1.82, 2.24) is 15.1 Å². The summed E-state index contributed by atoms with van der Waals surface area (Å²) < 4.78 is 7.62. The summed E-state index contributed by atoms with van der Waals surface area (Å²) in [5.74, 6) is 0.954. The van der Waals surface area contributed by atoms with Crippen LogP contribution in [-0.4, -0.2) is 16.4 Å². The molecule has 0 fully saturated rings. The minimum atomic E-state index is 0.303. The molecule has 124 valence electrons. The Morgan fingerprint density at radius 3 is 2.78 bits per heavy atom. The van der Waals surface area contributed by atoms with Crippen molar-refractivity contribution in [2.45, 2.75) is 39.3 Å². The minimum Gasteiger partial charge on any atom is -0.494 e. The van der Waals surface area contributed by atoms with Crippen LogP contribution in [-0.2, 0) is 20.0 Å². The van der Waals surface area contributed by atoms with E-state index in [1.807, 2.05) is 30.9 Å². The summed E-state index contributed by atoms with van der Waals surface area (Å²) in [6.45, 7) is 9.53. The van der Waals surface area contributed by atoms with E-state index in [2.05, 4.69) is 48.2 Å². The van der Waals surface area contributed by atoms with Gasteiger partial charge < -0.3 is 10.1 Å². The highest BCUT2D eigenvalue weighted by Crippen LogP contribution is 2.22. The minimum absolute atomic E-state index is 0.303. The first kappa shape index (κ1) is 17.3. The van der Waals surface area contributed by atoms with Crippen LogP contribution in [0.1, 0.15) is 43.1 Å². The zero-order chi connectivity index (χ0) is 16.7. The highest BCUT2D eigenvalue weighted by molar-refractivity contribution is 5.38. The number of aromatic nitrogens is 2. The van der Waals surface area contributed by atoms with Gasteiger partial charge in [-0.05, 0) is 43.0 Å². The van der Waals surface area contributed by atoms with E-state index in [0.717, 1.165) is 25.1 Å². The van der Waals surface area contributed by atoms with Crippen molar-refractivity contribution < 1.29 is 4.74 Å². The maximum Gasteiger partial charge on any atom is 0.122 e. The van der Waals surface area contributed by atoms with E-state index in [1.165, 1.54) is 16.8 Å². The lowest BCUT2D eigenvalue weighted by Gasteiger charge is -2.18. The maximum absolute atomic E-state index is 5.69. The molecular formula is C19H27N3O. The monoisotopic (exact) mass is 313 g/mol. The van der Waals surface area contributed by atoms with Crippen LogP contribution >= 0.6 is 0 Å². The van der Waals surface area contributed by atoms with E-state index in [-0.39, 0.29) is 0 Å². The van der Waals surface area contributed by atoms with Crippen molar-refractivity contribution in [2.75, 3.05) is 6.61 Å². The second-order valence-electron chi connectivity index (χ2n) is 5.59. The number of nitrogens with one attached hydrogen (secondary N) is 1. The van der Waals surface area contributed by atoms with Crippen molar-refractivity contribution in [3.8, 4) is 5.75 Å². The number of rotatable bonds is 9. The Labute approximate surface area is 139 Å². The molecule has 1 aromatic heterocycles. The Bertz CT molecular complexity index is 633. The fourth-order valence-corrected chi connectivity index (χ4v) is 2.78. The van der Waals surface area contributed by atoms with E-state index in [0.29, 0.717) is 12.6 Å². The zero-order valence-corrected chi connectivity index (χ0v) is 14.4. The lowest BCUT2D eigenvalue weighted by molar-refractivity contribution is 0.337. The topological polar surface area (TPSA) is 39.1 Å². The molecule has 1 aromatic carbocycles. The van der Waals surface area contributed by atoms with E-state index in [9.17, 15) is 0 Å². The first-order valence-electron chi connectivity index (χ1n) is 8.26. The molecule has 0 aliphatic carbocycles.